The van der Waals surface area contributed by atoms with Gasteiger partial charge in [0.05, 0.1) is 27.2 Å². The third-order valence-corrected chi connectivity index (χ3v) is 3.70. The summed E-state index contributed by atoms with van der Waals surface area (Å²) in [4.78, 5) is 0. The van der Waals surface area contributed by atoms with Crippen molar-refractivity contribution in [1.29, 1.82) is 0 Å². The lowest BCUT2D eigenvalue weighted by Gasteiger charge is -2.36. The molecule has 0 aromatic carbocycles. The molecular formula is C10H20IN. The van der Waals surface area contributed by atoms with E-state index in [2.05, 4.69) is 21.1 Å². The molecular weight excluding hydrogens is 261 g/mol. The molecule has 3 unspecified atom stereocenters. The van der Waals surface area contributed by atoms with Crippen LogP contribution in [0.2, 0.25) is 0 Å². The van der Waals surface area contributed by atoms with Gasteiger partial charge in [0.15, 0.2) is 0 Å². The van der Waals surface area contributed by atoms with Crippen LogP contribution in [0.5, 0.6) is 0 Å². The van der Waals surface area contributed by atoms with Crippen LogP contribution in [0.15, 0.2) is 0 Å². The molecule has 0 heterocycles. The van der Waals surface area contributed by atoms with Crippen molar-refractivity contribution in [2.45, 2.75) is 31.7 Å². The largest absolute Gasteiger partial charge is 1.00 e. The summed E-state index contributed by atoms with van der Waals surface area (Å²) < 4.78 is 1.20. The Morgan fingerprint density at radius 2 is 1.67 bits per heavy atom. The number of quaternary nitrogens is 1. The monoisotopic (exact) mass is 281 g/mol. The van der Waals surface area contributed by atoms with Crippen LogP contribution >= 0.6 is 0 Å². The predicted octanol–water partition coefficient (Wildman–Crippen LogP) is -1.11. The van der Waals surface area contributed by atoms with E-state index in [1.54, 1.807) is 6.42 Å². The Morgan fingerprint density at radius 3 is 1.92 bits per heavy atom. The molecule has 2 aliphatic carbocycles. The fraction of sp³-hybridized carbons (Fsp3) is 1.00. The van der Waals surface area contributed by atoms with Crippen LogP contribution in [0.3, 0.4) is 0 Å². The van der Waals surface area contributed by atoms with Gasteiger partial charge in [0, 0.05) is 12.3 Å². The molecule has 0 aromatic heterocycles. The van der Waals surface area contributed by atoms with Crippen molar-refractivity contribution >= 4 is 0 Å². The Labute approximate surface area is 93.1 Å². The van der Waals surface area contributed by atoms with Gasteiger partial charge in [-0.15, -0.1) is 0 Å². The van der Waals surface area contributed by atoms with E-state index < -0.39 is 0 Å². The predicted molar refractivity (Wildman–Crippen MR) is 47.3 cm³/mol. The Morgan fingerprint density at radius 1 is 1.00 bits per heavy atom. The smallest absolute Gasteiger partial charge is 0.0915 e. The highest BCUT2D eigenvalue weighted by atomic mass is 127. The van der Waals surface area contributed by atoms with Crippen LogP contribution in [0.25, 0.3) is 0 Å². The molecule has 0 N–H and O–H groups in total. The zero-order valence-corrected chi connectivity index (χ0v) is 10.5. The van der Waals surface area contributed by atoms with E-state index in [0.717, 1.165) is 17.9 Å². The van der Waals surface area contributed by atoms with Crippen molar-refractivity contribution in [3.63, 3.8) is 0 Å². The lowest BCUT2D eigenvalue weighted by atomic mass is 9.93. The van der Waals surface area contributed by atoms with E-state index >= 15 is 0 Å². The summed E-state index contributed by atoms with van der Waals surface area (Å²) in [5, 5.41) is 0. The van der Waals surface area contributed by atoms with E-state index in [1.807, 2.05) is 0 Å². The van der Waals surface area contributed by atoms with Gasteiger partial charge in [-0.05, 0) is 25.2 Å². The van der Waals surface area contributed by atoms with Crippen molar-refractivity contribution in [2.24, 2.45) is 11.8 Å². The second-order valence-corrected chi connectivity index (χ2v) is 5.36. The molecule has 0 aliphatic heterocycles. The molecule has 2 aliphatic rings. The van der Waals surface area contributed by atoms with Crippen LogP contribution in [0, 0.1) is 11.8 Å². The number of halogens is 1. The average Bonchev–Trinajstić information content (AvgIpc) is 2.42. The molecule has 0 spiro atoms. The SMILES string of the molecule is C[N+](C)(C)C1CC2CCC1C2.[I-]. The van der Waals surface area contributed by atoms with E-state index in [9.17, 15) is 0 Å². The molecule has 2 rings (SSSR count). The molecule has 0 radical (unpaired) electrons. The van der Waals surface area contributed by atoms with Gasteiger partial charge in [0.25, 0.3) is 0 Å². The second kappa shape index (κ2) is 3.45. The van der Waals surface area contributed by atoms with Crippen LogP contribution < -0.4 is 24.0 Å². The maximum absolute atomic E-state index is 2.35. The Bertz CT molecular complexity index is 162. The summed E-state index contributed by atoms with van der Waals surface area (Å²) >= 11 is 0. The number of nitrogens with zero attached hydrogens (tertiary/aromatic N) is 1. The van der Waals surface area contributed by atoms with Gasteiger partial charge < -0.3 is 28.5 Å². The number of hydrogen-bond acceptors (Lipinski definition) is 0. The molecule has 2 heteroatoms. The fourth-order valence-electron chi connectivity index (χ4n) is 3.16. The fourth-order valence-corrected chi connectivity index (χ4v) is 3.16. The van der Waals surface area contributed by atoms with Gasteiger partial charge in [-0.3, -0.25) is 0 Å². The highest BCUT2D eigenvalue weighted by Gasteiger charge is 2.45. The highest BCUT2D eigenvalue weighted by Crippen LogP contribution is 2.47. The van der Waals surface area contributed by atoms with Gasteiger partial charge in [0.2, 0.25) is 0 Å². The minimum absolute atomic E-state index is 0. The van der Waals surface area contributed by atoms with Crippen molar-refractivity contribution in [3.05, 3.63) is 0 Å². The van der Waals surface area contributed by atoms with Gasteiger partial charge in [-0.1, -0.05) is 0 Å². The van der Waals surface area contributed by atoms with E-state index in [0.29, 0.717) is 0 Å². The lowest BCUT2D eigenvalue weighted by Crippen LogP contribution is -3.00. The third kappa shape index (κ3) is 1.79. The zero-order valence-electron chi connectivity index (χ0n) is 8.39. The van der Waals surface area contributed by atoms with Crippen LogP contribution in [0.1, 0.15) is 25.7 Å². The summed E-state index contributed by atoms with van der Waals surface area (Å²) in [6, 6.07) is 0.980. The summed E-state index contributed by atoms with van der Waals surface area (Å²) in [7, 11) is 7.06. The first kappa shape index (κ1) is 10.8. The van der Waals surface area contributed by atoms with E-state index in [4.69, 9.17) is 0 Å². The van der Waals surface area contributed by atoms with E-state index in [1.165, 1.54) is 23.7 Å². The number of hydrogen-bond donors (Lipinski definition) is 0. The average molecular weight is 281 g/mol. The molecule has 2 saturated carbocycles. The molecule has 1 nitrogen and oxygen atoms in total. The third-order valence-electron chi connectivity index (χ3n) is 3.70. The van der Waals surface area contributed by atoms with Crippen LogP contribution in [-0.4, -0.2) is 31.7 Å². The Hall–Kier alpha value is 0.690. The Balaban J connectivity index is 0.000000720. The first-order chi connectivity index (χ1) is 5.07. The van der Waals surface area contributed by atoms with Crippen molar-refractivity contribution in [3.8, 4) is 0 Å². The molecule has 2 fully saturated rings. The summed E-state index contributed by atoms with van der Waals surface area (Å²) in [5.74, 6) is 2.17. The van der Waals surface area contributed by atoms with Crippen molar-refractivity contribution in [2.75, 3.05) is 21.1 Å². The first-order valence-electron chi connectivity index (χ1n) is 4.88. The van der Waals surface area contributed by atoms with Crippen LogP contribution in [0.4, 0.5) is 0 Å². The maximum atomic E-state index is 2.35. The normalized spacial score (nSPS) is 39.8. The minimum atomic E-state index is 0. The Kier molecular flexibility index (Phi) is 3.09. The van der Waals surface area contributed by atoms with E-state index in [-0.39, 0.29) is 24.0 Å². The summed E-state index contributed by atoms with van der Waals surface area (Å²) in [5.41, 5.74) is 0. The number of rotatable bonds is 1. The van der Waals surface area contributed by atoms with Gasteiger partial charge in [-0.2, -0.15) is 0 Å². The lowest BCUT2D eigenvalue weighted by molar-refractivity contribution is -0.899. The quantitative estimate of drug-likeness (QED) is 0.422. The van der Waals surface area contributed by atoms with Gasteiger partial charge in [0.1, 0.15) is 0 Å². The first-order valence-corrected chi connectivity index (χ1v) is 4.88. The molecule has 0 aromatic rings. The topological polar surface area (TPSA) is 0 Å². The standard InChI is InChI=1S/C10H20N.HI/c1-11(2,3)10-7-8-4-5-9(10)6-8;/h8-10H,4-7H2,1-3H3;1H/q+1;/p-1. The molecule has 12 heavy (non-hydrogen) atoms. The number of fused-ring (bicyclic) bond motifs is 2. The molecule has 72 valence electrons. The minimum Gasteiger partial charge on any atom is -1.00 e. The maximum Gasteiger partial charge on any atom is 0.0915 e. The molecule has 0 saturated heterocycles. The summed E-state index contributed by atoms with van der Waals surface area (Å²) in [6.45, 7) is 0. The van der Waals surface area contributed by atoms with Crippen LogP contribution in [-0.2, 0) is 0 Å². The second-order valence-electron chi connectivity index (χ2n) is 5.36. The van der Waals surface area contributed by atoms with Gasteiger partial charge in [-0.25, -0.2) is 0 Å². The van der Waals surface area contributed by atoms with Crippen molar-refractivity contribution < 1.29 is 28.5 Å². The zero-order chi connectivity index (χ0) is 8.06. The van der Waals surface area contributed by atoms with Crippen molar-refractivity contribution in [1.82, 2.24) is 0 Å². The molecule has 2 bridgehead atoms. The highest BCUT2D eigenvalue weighted by molar-refractivity contribution is 4.90. The summed E-state index contributed by atoms with van der Waals surface area (Å²) in [6.07, 6.45) is 6.10. The molecule has 3 atom stereocenters. The van der Waals surface area contributed by atoms with Gasteiger partial charge >= 0.3 is 0 Å². The molecule has 0 amide bonds.